The predicted octanol–water partition coefficient (Wildman–Crippen LogP) is 4.86. The van der Waals surface area contributed by atoms with Crippen LogP contribution < -0.4 is 5.32 Å². The molecule has 0 aromatic heterocycles. The molecular formula is C20H20Cl2FN3O2. The normalized spacial score (nSPS) is 15.7. The summed E-state index contributed by atoms with van der Waals surface area (Å²) in [5.74, 6) is -0.337. The van der Waals surface area contributed by atoms with Crippen LogP contribution in [0, 0.1) is 5.82 Å². The first kappa shape index (κ1) is 20.4. The number of nitrogens with zero attached hydrogens (tertiary/aromatic N) is 2. The molecule has 0 aliphatic carbocycles. The van der Waals surface area contributed by atoms with Crippen molar-refractivity contribution in [2.75, 3.05) is 13.1 Å². The van der Waals surface area contributed by atoms with E-state index in [-0.39, 0.29) is 24.5 Å². The molecule has 148 valence electrons. The lowest BCUT2D eigenvalue weighted by atomic mass is 10.0. The summed E-state index contributed by atoms with van der Waals surface area (Å²) in [6, 6.07) is 11.2. The monoisotopic (exact) mass is 423 g/mol. The topological polar surface area (TPSA) is 53.9 Å². The molecule has 0 fully saturated rings. The molecule has 1 aliphatic rings. The first-order valence-electron chi connectivity index (χ1n) is 8.91. The molecule has 2 aromatic carbocycles. The summed E-state index contributed by atoms with van der Waals surface area (Å²) in [6.45, 7) is 2.92. The lowest BCUT2D eigenvalue weighted by Crippen LogP contribution is -2.43. The van der Waals surface area contributed by atoms with E-state index in [0.717, 1.165) is 11.3 Å². The highest BCUT2D eigenvalue weighted by molar-refractivity contribution is 6.42. The van der Waals surface area contributed by atoms with Gasteiger partial charge < -0.3 is 15.1 Å². The van der Waals surface area contributed by atoms with Gasteiger partial charge in [0, 0.05) is 25.1 Å². The van der Waals surface area contributed by atoms with E-state index in [2.05, 4.69) is 10.5 Å². The van der Waals surface area contributed by atoms with Crippen LogP contribution in [-0.4, -0.2) is 35.8 Å². The molecule has 0 unspecified atom stereocenters. The van der Waals surface area contributed by atoms with Gasteiger partial charge in [0.25, 0.3) is 0 Å². The van der Waals surface area contributed by atoms with Crippen LogP contribution in [0.5, 0.6) is 0 Å². The van der Waals surface area contributed by atoms with Crippen LogP contribution in [0.2, 0.25) is 10.0 Å². The Bertz CT molecular complexity index is 892. The second-order valence-electron chi connectivity index (χ2n) is 6.44. The first-order valence-corrected chi connectivity index (χ1v) is 9.67. The summed E-state index contributed by atoms with van der Waals surface area (Å²) >= 11 is 12.0. The Morgan fingerprint density at radius 2 is 2.11 bits per heavy atom. The fourth-order valence-corrected chi connectivity index (χ4v) is 3.25. The highest BCUT2D eigenvalue weighted by Crippen LogP contribution is 2.26. The quantitative estimate of drug-likeness (QED) is 0.721. The number of hydrogen-bond donors (Lipinski definition) is 1. The van der Waals surface area contributed by atoms with E-state index in [0.29, 0.717) is 35.1 Å². The second kappa shape index (κ2) is 9.26. The lowest BCUT2D eigenvalue weighted by molar-refractivity contribution is 0.0590. The standard InChI is InChI=1S/C20H20Cl2FN3O2/c1-2-24-20(27)26(11-13-4-3-5-15(23)8-13)12-16-10-19(25-28-16)14-6-7-17(21)18(22)9-14/h3-9,16H,2,10-12H2,1H3,(H,24,27)/t16-/m1/s1. The van der Waals surface area contributed by atoms with Crippen molar-refractivity contribution in [3.8, 4) is 0 Å². The first-order chi connectivity index (χ1) is 13.5. The molecule has 28 heavy (non-hydrogen) atoms. The van der Waals surface area contributed by atoms with Crippen LogP contribution >= 0.6 is 23.2 Å². The molecule has 0 saturated carbocycles. The van der Waals surface area contributed by atoms with Gasteiger partial charge in [-0.1, -0.05) is 46.6 Å². The van der Waals surface area contributed by atoms with Gasteiger partial charge in [-0.15, -0.1) is 0 Å². The number of carbonyl (C=O) groups excluding carboxylic acids is 1. The van der Waals surface area contributed by atoms with Crippen molar-refractivity contribution >= 4 is 34.9 Å². The highest BCUT2D eigenvalue weighted by atomic mass is 35.5. The number of hydrogen-bond acceptors (Lipinski definition) is 3. The van der Waals surface area contributed by atoms with Crippen molar-refractivity contribution in [2.45, 2.75) is 26.0 Å². The van der Waals surface area contributed by atoms with Crippen molar-refractivity contribution < 1.29 is 14.0 Å². The van der Waals surface area contributed by atoms with Crippen molar-refractivity contribution in [1.29, 1.82) is 0 Å². The van der Waals surface area contributed by atoms with Gasteiger partial charge in [-0.25, -0.2) is 9.18 Å². The van der Waals surface area contributed by atoms with Gasteiger partial charge in [-0.2, -0.15) is 0 Å². The predicted molar refractivity (Wildman–Crippen MR) is 108 cm³/mol. The number of benzene rings is 2. The summed E-state index contributed by atoms with van der Waals surface area (Å²) in [5, 5.41) is 7.83. The zero-order chi connectivity index (χ0) is 20.1. The molecule has 1 atom stereocenters. The molecule has 2 aromatic rings. The summed E-state index contributed by atoms with van der Waals surface area (Å²) in [5.41, 5.74) is 2.27. The van der Waals surface area contributed by atoms with Crippen molar-refractivity contribution in [3.63, 3.8) is 0 Å². The minimum absolute atomic E-state index is 0.238. The third kappa shape index (κ3) is 5.14. The van der Waals surface area contributed by atoms with E-state index >= 15 is 0 Å². The van der Waals surface area contributed by atoms with E-state index in [4.69, 9.17) is 28.0 Å². The van der Waals surface area contributed by atoms with Crippen molar-refractivity contribution in [2.24, 2.45) is 5.16 Å². The zero-order valence-corrected chi connectivity index (χ0v) is 16.8. The van der Waals surface area contributed by atoms with Crippen LogP contribution in [-0.2, 0) is 11.4 Å². The van der Waals surface area contributed by atoms with Gasteiger partial charge in [-0.3, -0.25) is 0 Å². The fourth-order valence-electron chi connectivity index (χ4n) is 2.96. The lowest BCUT2D eigenvalue weighted by Gasteiger charge is -2.25. The maximum atomic E-state index is 13.5. The van der Waals surface area contributed by atoms with Crippen molar-refractivity contribution in [3.05, 3.63) is 69.5 Å². The summed E-state index contributed by atoms with van der Waals surface area (Å²) in [4.78, 5) is 19.6. The molecule has 0 bridgehead atoms. The fraction of sp³-hybridized carbons (Fsp3) is 0.300. The maximum Gasteiger partial charge on any atom is 0.317 e. The molecule has 8 heteroatoms. The van der Waals surface area contributed by atoms with E-state index in [1.807, 2.05) is 13.0 Å². The van der Waals surface area contributed by atoms with Crippen LogP contribution in [0.1, 0.15) is 24.5 Å². The maximum absolute atomic E-state index is 13.5. The SMILES string of the molecule is CCNC(=O)N(Cc1cccc(F)c1)C[C@H]1CC(c2ccc(Cl)c(Cl)c2)=NO1. The number of nitrogens with one attached hydrogen (secondary N) is 1. The zero-order valence-electron chi connectivity index (χ0n) is 15.3. The molecule has 0 radical (unpaired) electrons. The average molecular weight is 424 g/mol. The van der Waals surface area contributed by atoms with Gasteiger partial charge >= 0.3 is 6.03 Å². The molecule has 3 rings (SSSR count). The Kier molecular flexibility index (Phi) is 6.75. The third-order valence-corrected chi connectivity index (χ3v) is 5.03. The molecule has 5 nitrogen and oxygen atoms in total. The summed E-state index contributed by atoms with van der Waals surface area (Å²) in [6.07, 6.45) is 0.220. The molecule has 1 aliphatic heterocycles. The second-order valence-corrected chi connectivity index (χ2v) is 7.26. The average Bonchev–Trinajstić information content (AvgIpc) is 3.12. The number of urea groups is 1. The number of halogens is 3. The summed E-state index contributed by atoms with van der Waals surface area (Å²) < 4.78 is 13.5. The number of amides is 2. The molecule has 0 spiro atoms. The number of oxime groups is 1. The molecule has 2 amide bonds. The number of carbonyl (C=O) groups is 1. The minimum atomic E-state index is -0.337. The largest absolute Gasteiger partial charge is 0.390 e. The van der Waals surface area contributed by atoms with E-state index in [9.17, 15) is 9.18 Å². The summed E-state index contributed by atoms with van der Waals surface area (Å²) in [7, 11) is 0. The van der Waals surface area contributed by atoms with Crippen LogP contribution in [0.3, 0.4) is 0 Å². The molecular weight excluding hydrogens is 404 g/mol. The Morgan fingerprint density at radius 3 is 2.82 bits per heavy atom. The van der Waals surface area contributed by atoms with Crippen LogP contribution in [0.15, 0.2) is 47.6 Å². The Hall–Kier alpha value is -2.31. The highest BCUT2D eigenvalue weighted by Gasteiger charge is 2.27. The van der Waals surface area contributed by atoms with Crippen LogP contribution in [0.25, 0.3) is 0 Å². The molecule has 1 N–H and O–H groups in total. The van der Waals surface area contributed by atoms with Gasteiger partial charge in [0.1, 0.15) is 5.82 Å². The van der Waals surface area contributed by atoms with E-state index in [1.165, 1.54) is 12.1 Å². The molecule has 0 saturated heterocycles. The number of rotatable bonds is 6. The van der Waals surface area contributed by atoms with Gasteiger partial charge in [0.2, 0.25) is 0 Å². The van der Waals surface area contributed by atoms with E-state index in [1.54, 1.807) is 29.2 Å². The van der Waals surface area contributed by atoms with Crippen LogP contribution in [0.4, 0.5) is 9.18 Å². The van der Waals surface area contributed by atoms with E-state index < -0.39 is 0 Å². The van der Waals surface area contributed by atoms with Gasteiger partial charge in [0.15, 0.2) is 6.10 Å². The Morgan fingerprint density at radius 1 is 1.29 bits per heavy atom. The minimum Gasteiger partial charge on any atom is -0.390 e. The van der Waals surface area contributed by atoms with Gasteiger partial charge in [-0.05, 0) is 36.8 Å². The molecule has 1 heterocycles. The van der Waals surface area contributed by atoms with Gasteiger partial charge in [0.05, 0.1) is 22.3 Å². The van der Waals surface area contributed by atoms with Crippen molar-refractivity contribution in [1.82, 2.24) is 10.2 Å². The smallest absolute Gasteiger partial charge is 0.317 e. The third-order valence-electron chi connectivity index (χ3n) is 4.29. The Labute approximate surface area is 173 Å². The Balaban J connectivity index is 1.67.